The molecule has 0 radical (unpaired) electrons. The molecule has 0 bridgehead atoms. The van der Waals surface area contributed by atoms with Crippen molar-refractivity contribution in [3.8, 4) is 0 Å². The van der Waals surface area contributed by atoms with E-state index >= 15 is 0 Å². The number of nitrogens with one attached hydrogen (secondary N) is 2. The molecule has 5 nitrogen and oxygen atoms in total. The first kappa shape index (κ1) is 15.3. The van der Waals surface area contributed by atoms with Crippen LogP contribution in [0.2, 0.25) is 0 Å². The van der Waals surface area contributed by atoms with E-state index in [0.29, 0.717) is 31.1 Å². The van der Waals surface area contributed by atoms with Crippen molar-refractivity contribution >= 4 is 11.9 Å². The van der Waals surface area contributed by atoms with Crippen molar-refractivity contribution in [1.29, 1.82) is 0 Å². The number of rotatable bonds is 5. The van der Waals surface area contributed by atoms with E-state index in [1.165, 1.54) is 0 Å². The molecular weight excluding hydrogens is 256 g/mol. The van der Waals surface area contributed by atoms with Crippen molar-refractivity contribution < 1.29 is 14.7 Å². The fourth-order valence-electron chi connectivity index (χ4n) is 3.44. The van der Waals surface area contributed by atoms with E-state index < -0.39 is 11.5 Å². The summed E-state index contributed by atoms with van der Waals surface area (Å²) in [6.45, 7) is 3.97. The molecule has 1 aliphatic heterocycles. The fraction of sp³-hybridized carbons (Fsp3) is 0.867. The number of hydrogen-bond acceptors (Lipinski definition) is 3. The van der Waals surface area contributed by atoms with Crippen LogP contribution in [0.15, 0.2) is 0 Å². The van der Waals surface area contributed by atoms with E-state index in [-0.39, 0.29) is 5.91 Å². The molecule has 3 N–H and O–H groups in total. The van der Waals surface area contributed by atoms with Crippen LogP contribution in [0.25, 0.3) is 0 Å². The lowest BCUT2D eigenvalue weighted by Crippen LogP contribution is -2.56. The molecule has 1 saturated carbocycles. The summed E-state index contributed by atoms with van der Waals surface area (Å²) >= 11 is 0. The van der Waals surface area contributed by atoms with E-state index in [0.717, 1.165) is 38.8 Å². The molecular formula is C15H26N2O3. The first-order valence-corrected chi connectivity index (χ1v) is 7.81. The maximum absolute atomic E-state index is 12.1. The second kappa shape index (κ2) is 6.57. The van der Waals surface area contributed by atoms with Gasteiger partial charge in [0, 0.05) is 6.42 Å². The van der Waals surface area contributed by atoms with Crippen molar-refractivity contribution in [3.05, 3.63) is 0 Å². The molecule has 20 heavy (non-hydrogen) atoms. The average Bonchev–Trinajstić information content (AvgIpc) is 2.92. The highest BCUT2D eigenvalue weighted by atomic mass is 16.4. The molecule has 2 aliphatic rings. The van der Waals surface area contributed by atoms with Crippen LogP contribution >= 0.6 is 0 Å². The number of carbonyl (C=O) groups excluding carboxylic acids is 1. The third-order valence-electron chi connectivity index (χ3n) is 4.96. The van der Waals surface area contributed by atoms with Crippen LogP contribution in [-0.4, -0.2) is 35.6 Å². The average molecular weight is 282 g/mol. The minimum Gasteiger partial charge on any atom is -0.480 e. The Bertz CT molecular complexity index is 356. The Balaban J connectivity index is 1.91. The largest absolute Gasteiger partial charge is 0.480 e. The van der Waals surface area contributed by atoms with E-state index in [2.05, 4.69) is 17.6 Å². The van der Waals surface area contributed by atoms with Crippen LogP contribution < -0.4 is 10.6 Å². The summed E-state index contributed by atoms with van der Waals surface area (Å²) in [6.07, 6.45) is 5.47. The van der Waals surface area contributed by atoms with Gasteiger partial charge in [0.2, 0.25) is 5.91 Å². The van der Waals surface area contributed by atoms with Gasteiger partial charge in [-0.25, -0.2) is 4.79 Å². The van der Waals surface area contributed by atoms with Crippen molar-refractivity contribution in [1.82, 2.24) is 10.6 Å². The van der Waals surface area contributed by atoms with E-state index in [1.807, 2.05) is 0 Å². The Hall–Kier alpha value is -1.10. The van der Waals surface area contributed by atoms with Gasteiger partial charge < -0.3 is 15.7 Å². The zero-order chi connectivity index (χ0) is 14.6. The monoisotopic (exact) mass is 282 g/mol. The van der Waals surface area contributed by atoms with E-state index in [1.54, 1.807) is 0 Å². The Labute approximate surface area is 120 Å². The molecule has 114 valence electrons. The first-order valence-electron chi connectivity index (χ1n) is 7.81. The summed E-state index contributed by atoms with van der Waals surface area (Å²) in [4.78, 5) is 23.7. The highest BCUT2D eigenvalue weighted by molar-refractivity contribution is 5.87. The number of hydrogen-bond donors (Lipinski definition) is 3. The third-order valence-corrected chi connectivity index (χ3v) is 4.96. The van der Waals surface area contributed by atoms with Crippen LogP contribution in [0.5, 0.6) is 0 Å². The van der Waals surface area contributed by atoms with Crippen molar-refractivity contribution in [2.24, 2.45) is 11.8 Å². The van der Waals surface area contributed by atoms with Crippen LogP contribution in [-0.2, 0) is 9.59 Å². The van der Waals surface area contributed by atoms with Gasteiger partial charge in [-0.15, -0.1) is 0 Å². The van der Waals surface area contributed by atoms with Gasteiger partial charge in [-0.05, 0) is 57.0 Å². The lowest BCUT2D eigenvalue weighted by molar-refractivity contribution is -0.150. The topological polar surface area (TPSA) is 78.4 Å². The maximum atomic E-state index is 12.1. The predicted molar refractivity (Wildman–Crippen MR) is 76.4 cm³/mol. The predicted octanol–water partition coefficient (Wildman–Crippen LogP) is 1.53. The highest BCUT2D eigenvalue weighted by Gasteiger charge is 2.43. The number of carboxylic acids is 1. The minimum absolute atomic E-state index is 0.101. The molecule has 2 rings (SSSR count). The standard InChI is InChI=1S/C15H26N2O3/c1-2-11-3-6-15(7-4-11,14(19)20)17-13(18)9-12-5-8-16-10-12/h11-12,16H,2-10H2,1H3,(H,17,18)(H,19,20). The van der Waals surface area contributed by atoms with E-state index in [9.17, 15) is 14.7 Å². The Morgan fingerprint density at radius 3 is 2.45 bits per heavy atom. The lowest BCUT2D eigenvalue weighted by Gasteiger charge is -2.37. The molecule has 0 aromatic heterocycles. The Kier molecular flexibility index (Phi) is 5.02. The summed E-state index contributed by atoms with van der Waals surface area (Å²) < 4.78 is 0. The second-order valence-corrected chi connectivity index (χ2v) is 6.35. The van der Waals surface area contributed by atoms with Crippen LogP contribution in [0.1, 0.15) is 51.9 Å². The number of carboxylic acid groups (broad SMARTS) is 1. The van der Waals surface area contributed by atoms with Crippen LogP contribution in [0.3, 0.4) is 0 Å². The van der Waals surface area contributed by atoms with Gasteiger partial charge in [-0.3, -0.25) is 4.79 Å². The van der Waals surface area contributed by atoms with E-state index in [4.69, 9.17) is 0 Å². The number of carbonyl (C=O) groups is 2. The number of aliphatic carboxylic acids is 1. The molecule has 0 spiro atoms. The fourth-order valence-corrected chi connectivity index (χ4v) is 3.44. The molecule has 2 fully saturated rings. The SMILES string of the molecule is CCC1CCC(NC(=O)CC2CCNC2)(C(=O)O)CC1. The molecule has 1 unspecified atom stereocenters. The summed E-state index contributed by atoms with van der Waals surface area (Å²) in [5.74, 6) is -0.00719. The summed E-state index contributed by atoms with van der Waals surface area (Å²) in [5.41, 5.74) is -1.02. The van der Waals surface area contributed by atoms with Crippen molar-refractivity contribution in [2.45, 2.75) is 57.4 Å². The van der Waals surface area contributed by atoms with Gasteiger partial charge in [0.25, 0.3) is 0 Å². The highest BCUT2D eigenvalue weighted by Crippen LogP contribution is 2.34. The normalized spacial score (nSPS) is 33.9. The molecule has 0 aromatic rings. The summed E-state index contributed by atoms with van der Waals surface area (Å²) in [7, 11) is 0. The lowest BCUT2D eigenvalue weighted by atomic mass is 9.75. The van der Waals surface area contributed by atoms with Crippen molar-refractivity contribution in [3.63, 3.8) is 0 Å². The van der Waals surface area contributed by atoms with Gasteiger partial charge in [-0.2, -0.15) is 0 Å². The van der Waals surface area contributed by atoms with Crippen LogP contribution in [0, 0.1) is 11.8 Å². The minimum atomic E-state index is -1.02. The van der Waals surface area contributed by atoms with Gasteiger partial charge in [0.1, 0.15) is 5.54 Å². The molecule has 1 heterocycles. The molecule has 1 saturated heterocycles. The Morgan fingerprint density at radius 2 is 1.95 bits per heavy atom. The third kappa shape index (κ3) is 3.51. The van der Waals surface area contributed by atoms with Crippen molar-refractivity contribution in [2.75, 3.05) is 13.1 Å². The van der Waals surface area contributed by atoms with Gasteiger partial charge in [0.05, 0.1) is 0 Å². The summed E-state index contributed by atoms with van der Waals surface area (Å²) in [5, 5.41) is 15.6. The zero-order valence-corrected chi connectivity index (χ0v) is 12.3. The van der Waals surface area contributed by atoms with Gasteiger partial charge in [-0.1, -0.05) is 13.3 Å². The molecule has 1 amide bonds. The molecule has 1 aliphatic carbocycles. The summed E-state index contributed by atoms with van der Waals surface area (Å²) in [6, 6.07) is 0. The molecule has 1 atom stereocenters. The van der Waals surface area contributed by atoms with Gasteiger partial charge in [0.15, 0.2) is 0 Å². The number of amides is 1. The smallest absolute Gasteiger partial charge is 0.329 e. The van der Waals surface area contributed by atoms with Gasteiger partial charge >= 0.3 is 5.97 Å². The van der Waals surface area contributed by atoms with Crippen LogP contribution in [0.4, 0.5) is 0 Å². The second-order valence-electron chi connectivity index (χ2n) is 6.35. The quantitative estimate of drug-likeness (QED) is 0.714. The maximum Gasteiger partial charge on any atom is 0.329 e. The first-order chi connectivity index (χ1) is 9.55. The molecule has 5 heteroatoms. The Morgan fingerprint density at radius 1 is 1.25 bits per heavy atom. The zero-order valence-electron chi connectivity index (χ0n) is 12.3. The molecule has 0 aromatic carbocycles.